The number of halogens is 1. The second kappa shape index (κ2) is 9.74. The van der Waals surface area contributed by atoms with E-state index in [-0.39, 0.29) is 30.7 Å². The van der Waals surface area contributed by atoms with E-state index in [1.54, 1.807) is 42.5 Å². The molecule has 3 rings (SSSR count). The Morgan fingerprint density at radius 3 is 2.28 bits per heavy atom. The van der Waals surface area contributed by atoms with Crippen LogP contribution in [0.4, 0.5) is 0 Å². The van der Waals surface area contributed by atoms with E-state index in [2.05, 4.69) is 0 Å². The maximum atomic E-state index is 12.9. The van der Waals surface area contributed by atoms with Gasteiger partial charge in [-0.25, -0.2) is 0 Å². The molecule has 2 N–H and O–H groups in total. The van der Waals surface area contributed by atoms with Gasteiger partial charge in [0.25, 0.3) is 11.7 Å². The number of benzene rings is 2. The van der Waals surface area contributed by atoms with Crippen LogP contribution >= 0.6 is 11.6 Å². The van der Waals surface area contributed by atoms with Crippen molar-refractivity contribution in [1.82, 2.24) is 4.90 Å². The second-order valence-corrected chi connectivity index (χ2v) is 7.55. The monoisotopic (exact) mass is 459 g/mol. The SMILES string of the molecule is COc1ccc([C@@H]2/C(=C(\O)c3ccc(Cl)cc3)C(=O)C(=O)N2CCCC(=O)O)cc1OC. The highest BCUT2D eigenvalue weighted by molar-refractivity contribution is 6.46. The first-order chi connectivity index (χ1) is 15.3. The minimum Gasteiger partial charge on any atom is -0.507 e. The van der Waals surface area contributed by atoms with Gasteiger partial charge in [0.15, 0.2) is 11.5 Å². The average molecular weight is 460 g/mol. The predicted octanol–water partition coefficient (Wildman–Crippen LogP) is 3.64. The first kappa shape index (κ1) is 23.1. The van der Waals surface area contributed by atoms with Gasteiger partial charge in [-0.2, -0.15) is 0 Å². The maximum absolute atomic E-state index is 12.9. The van der Waals surface area contributed by atoms with E-state index in [1.807, 2.05) is 0 Å². The summed E-state index contributed by atoms with van der Waals surface area (Å²) in [4.78, 5) is 38.0. The van der Waals surface area contributed by atoms with Crippen LogP contribution in [0.3, 0.4) is 0 Å². The summed E-state index contributed by atoms with van der Waals surface area (Å²) in [5.41, 5.74) is 0.732. The zero-order valence-electron chi connectivity index (χ0n) is 17.5. The number of aliphatic hydroxyl groups excluding tert-OH is 1. The summed E-state index contributed by atoms with van der Waals surface area (Å²) < 4.78 is 10.6. The summed E-state index contributed by atoms with van der Waals surface area (Å²) >= 11 is 5.92. The third-order valence-electron chi connectivity index (χ3n) is 5.17. The molecule has 1 heterocycles. The van der Waals surface area contributed by atoms with Crippen molar-refractivity contribution in [2.24, 2.45) is 0 Å². The van der Waals surface area contributed by atoms with Crippen molar-refractivity contribution in [2.45, 2.75) is 18.9 Å². The number of carbonyl (C=O) groups excluding carboxylic acids is 2. The molecule has 1 saturated heterocycles. The van der Waals surface area contributed by atoms with Gasteiger partial charge in [-0.05, 0) is 48.4 Å². The van der Waals surface area contributed by atoms with Gasteiger partial charge in [0.05, 0.1) is 25.8 Å². The van der Waals surface area contributed by atoms with Gasteiger partial charge in [-0.15, -0.1) is 0 Å². The molecular formula is C23H22ClNO7. The third-order valence-corrected chi connectivity index (χ3v) is 5.42. The summed E-state index contributed by atoms with van der Waals surface area (Å²) in [6.07, 6.45) is -0.0219. The number of aliphatic carboxylic acids is 1. The highest BCUT2D eigenvalue weighted by atomic mass is 35.5. The topological polar surface area (TPSA) is 113 Å². The van der Waals surface area contributed by atoms with Crippen LogP contribution in [0.5, 0.6) is 11.5 Å². The molecule has 0 saturated carbocycles. The van der Waals surface area contributed by atoms with Crippen LogP contribution in [0, 0.1) is 0 Å². The van der Waals surface area contributed by atoms with Crippen LogP contribution in [0.25, 0.3) is 5.76 Å². The van der Waals surface area contributed by atoms with Crippen molar-refractivity contribution < 1.29 is 34.1 Å². The largest absolute Gasteiger partial charge is 0.507 e. The summed E-state index contributed by atoms with van der Waals surface area (Å²) in [6.45, 7) is 0.0211. The molecule has 0 radical (unpaired) electrons. The van der Waals surface area contributed by atoms with Crippen molar-refractivity contribution in [3.63, 3.8) is 0 Å². The minimum absolute atomic E-state index is 0.0211. The number of amides is 1. The summed E-state index contributed by atoms with van der Waals surface area (Å²) in [5, 5.41) is 20.4. The number of ketones is 1. The number of carboxylic acids is 1. The lowest BCUT2D eigenvalue weighted by atomic mass is 9.95. The van der Waals surface area contributed by atoms with Crippen LogP contribution in [0.1, 0.15) is 30.0 Å². The molecule has 168 valence electrons. The molecule has 32 heavy (non-hydrogen) atoms. The van der Waals surface area contributed by atoms with Crippen LogP contribution in [-0.2, 0) is 14.4 Å². The number of methoxy groups -OCH3 is 2. The van der Waals surface area contributed by atoms with Crippen molar-refractivity contribution in [2.75, 3.05) is 20.8 Å². The molecule has 1 aliphatic rings. The molecule has 2 aromatic rings. The smallest absolute Gasteiger partial charge is 0.303 e. The zero-order chi connectivity index (χ0) is 23.4. The van der Waals surface area contributed by atoms with Crippen molar-refractivity contribution in [3.8, 4) is 11.5 Å². The molecule has 1 amide bonds. The van der Waals surface area contributed by atoms with Gasteiger partial charge in [-0.1, -0.05) is 17.7 Å². The number of likely N-dealkylation sites (tertiary alicyclic amines) is 1. The number of hydrogen-bond acceptors (Lipinski definition) is 6. The van der Waals surface area contributed by atoms with E-state index in [4.69, 9.17) is 26.2 Å². The fourth-order valence-corrected chi connectivity index (χ4v) is 3.77. The fraction of sp³-hybridized carbons (Fsp3) is 0.261. The number of aliphatic hydroxyl groups is 1. The predicted molar refractivity (Wildman–Crippen MR) is 117 cm³/mol. The number of carboxylic acid groups (broad SMARTS) is 1. The molecule has 0 bridgehead atoms. The number of Topliss-reactive ketones (excluding diaryl/α,β-unsaturated/α-hetero) is 1. The van der Waals surface area contributed by atoms with Crippen molar-refractivity contribution >= 4 is 35.0 Å². The first-order valence-electron chi connectivity index (χ1n) is 9.76. The van der Waals surface area contributed by atoms with Crippen LogP contribution in [-0.4, -0.2) is 53.5 Å². The molecule has 0 aliphatic carbocycles. The minimum atomic E-state index is -1.01. The number of rotatable bonds is 8. The summed E-state index contributed by atoms with van der Waals surface area (Å²) in [7, 11) is 2.94. The Kier molecular flexibility index (Phi) is 7.05. The lowest BCUT2D eigenvalue weighted by Gasteiger charge is -2.25. The summed E-state index contributed by atoms with van der Waals surface area (Å²) in [6, 6.07) is 10.2. The van der Waals surface area contributed by atoms with Gasteiger partial charge < -0.3 is 24.6 Å². The van der Waals surface area contributed by atoms with Gasteiger partial charge in [0.1, 0.15) is 5.76 Å². The number of ether oxygens (including phenoxy) is 2. The Balaban J connectivity index is 2.14. The standard InChI is InChI=1S/C23H22ClNO7/c1-31-16-10-7-14(12-17(16)32-2)20-19(21(28)13-5-8-15(24)9-6-13)22(29)23(30)25(20)11-3-4-18(26)27/h5-10,12,20,28H,3-4,11H2,1-2H3,(H,26,27)/b21-19+/t20-/m1/s1. The molecule has 1 fully saturated rings. The lowest BCUT2D eigenvalue weighted by molar-refractivity contribution is -0.140. The molecular weight excluding hydrogens is 438 g/mol. The van der Waals surface area contributed by atoms with E-state index >= 15 is 0 Å². The van der Waals surface area contributed by atoms with Crippen LogP contribution in [0.2, 0.25) is 5.02 Å². The molecule has 1 aliphatic heterocycles. The molecule has 1 atom stereocenters. The van der Waals surface area contributed by atoms with E-state index in [0.29, 0.717) is 27.6 Å². The molecule has 8 nitrogen and oxygen atoms in total. The van der Waals surface area contributed by atoms with Gasteiger partial charge in [-0.3, -0.25) is 14.4 Å². The highest BCUT2D eigenvalue weighted by Gasteiger charge is 2.46. The highest BCUT2D eigenvalue weighted by Crippen LogP contribution is 2.42. The van der Waals surface area contributed by atoms with E-state index < -0.39 is 23.7 Å². The third kappa shape index (κ3) is 4.55. The molecule has 9 heteroatoms. The average Bonchev–Trinajstić information content (AvgIpc) is 3.03. The zero-order valence-corrected chi connectivity index (χ0v) is 18.3. The van der Waals surface area contributed by atoms with Crippen LogP contribution < -0.4 is 9.47 Å². The number of hydrogen-bond donors (Lipinski definition) is 2. The van der Waals surface area contributed by atoms with Crippen molar-refractivity contribution in [1.29, 1.82) is 0 Å². The van der Waals surface area contributed by atoms with E-state index in [9.17, 15) is 19.5 Å². The molecule has 0 aromatic heterocycles. The molecule has 0 spiro atoms. The fourth-order valence-electron chi connectivity index (χ4n) is 3.64. The van der Waals surface area contributed by atoms with Crippen LogP contribution in [0.15, 0.2) is 48.0 Å². The van der Waals surface area contributed by atoms with Gasteiger partial charge in [0.2, 0.25) is 0 Å². The van der Waals surface area contributed by atoms with E-state index in [0.717, 1.165) is 0 Å². The van der Waals surface area contributed by atoms with E-state index in [1.165, 1.54) is 19.1 Å². The Bertz CT molecular complexity index is 1080. The molecule has 2 aromatic carbocycles. The number of nitrogens with zero attached hydrogens (tertiary/aromatic N) is 1. The van der Waals surface area contributed by atoms with Gasteiger partial charge in [0, 0.05) is 23.6 Å². The molecule has 0 unspecified atom stereocenters. The summed E-state index contributed by atoms with van der Waals surface area (Å²) in [5.74, 6) is -2.19. The Hall–Kier alpha value is -3.52. The van der Waals surface area contributed by atoms with Crippen molar-refractivity contribution in [3.05, 3.63) is 64.2 Å². The first-order valence-corrected chi connectivity index (χ1v) is 10.1. The maximum Gasteiger partial charge on any atom is 0.303 e. The Morgan fingerprint density at radius 2 is 1.69 bits per heavy atom. The normalized spacial score (nSPS) is 17.5. The number of carbonyl (C=O) groups is 3. The second-order valence-electron chi connectivity index (χ2n) is 7.11. The quantitative estimate of drug-likeness (QED) is 0.352. The lowest BCUT2D eigenvalue weighted by Crippen LogP contribution is -2.31. The van der Waals surface area contributed by atoms with Gasteiger partial charge >= 0.3 is 5.97 Å². The Labute approximate surface area is 189 Å². The Morgan fingerprint density at radius 1 is 1.03 bits per heavy atom.